The third-order valence-corrected chi connectivity index (χ3v) is 14.8. The summed E-state index contributed by atoms with van der Waals surface area (Å²) in [5.74, 6) is -3.63. The molecule has 20 nitrogen and oxygen atoms in total. The number of carbonyl (C=O) groups is 7. The molecule has 2 aromatic rings. The van der Waals surface area contributed by atoms with Crippen molar-refractivity contribution in [3.8, 4) is 11.5 Å². The molecule has 1 unspecified atom stereocenters. The standard InChI is InChI=1S/C57H86N6O14/c1-13-43(64)52(61(8)56(71)50(35(2)3)59-55(70)51(36(4)5)60(7)46(65)24-18-15-19-29-63-47(66)27-28-48(63)67)45(75-11)33-49(68)62-30-20-23-42(62)53(76-12)37(6)54(69)58-41(31-38-21-16-14-17-22-38)57(72)77-34-39-25-26-40(73-9)32-44(39)74-10/h14,16-17,21-22,25-28,32,35-37,41-43,45,47,50-53,64,66H,13,15,18-20,23-24,29-31,33-34H2,1-12H3,(H,58,69)(H,59,70)/t37-,41+,42+,43+,45-,47?,50+,51+,52+,53-/m1/s1. The third-order valence-electron chi connectivity index (χ3n) is 14.8. The van der Waals surface area contributed by atoms with Gasteiger partial charge < -0.3 is 64.1 Å². The van der Waals surface area contributed by atoms with Crippen LogP contribution in [0.15, 0.2) is 60.7 Å². The lowest BCUT2D eigenvalue weighted by Gasteiger charge is -2.40. The monoisotopic (exact) mass is 1080 g/mol. The number of rotatable bonds is 31. The van der Waals surface area contributed by atoms with Gasteiger partial charge in [0, 0.05) is 72.0 Å². The van der Waals surface area contributed by atoms with Gasteiger partial charge in [-0.3, -0.25) is 28.8 Å². The fourth-order valence-electron chi connectivity index (χ4n) is 10.3. The first kappa shape index (κ1) is 63.4. The molecule has 6 amide bonds. The number of hydrogen-bond donors (Lipinski definition) is 4. The Hall–Kier alpha value is -6.09. The van der Waals surface area contributed by atoms with E-state index in [2.05, 4.69) is 10.6 Å². The number of nitrogens with one attached hydrogen (secondary N) is 2. The van der Waals surface area contributed by atoms with E-state index in [1.807, 2.05) is 44.2 Å². The van der Waals surface area contributed by atoms with Crippen molar-refractivity contribution < 1.29 is 67.5 Å². The lowest BCUT2D eigenvalue weighted by molar-refractivity contribution is -0.151. The fraction of sp³-hybridized carbons (Fsp3) is 0.632. The van der Waals surface area contributed by atoms with E-state index in [4.69, 9.17) is 23.7 Å². The molecule has 77 heavy (non-hydrogen) atoms. The summed E-state index contributed by atoms with van der Waals surface area (Å²) in [5.41, 5.74) is 1.39. The van der Waals surface area contributed by atoms with Crippen molar-refractivity contribution in [1.82, 2.24) is 30.2 Å². The minimum absolute atomic E-state index is 0.124. The molecule has 428 valence electrons. The second kappa shape index (κ2) is 30.7. The van der Waals surface area contributed by atoms with Crippen LogP contribution in [0.1, 0.15) is 104 Å². The highest BCUT2D eigenvalue weighted by molar-refractivity contribution is 5.93. The third kappa shape index (κ3) is 17.2. The molecular weight excluding hydrogens is 993 g/mol. The van der Waals surface area contributed by atoms with Gasteiger partial charge in [-0.15, -0.1) is 0 Å². The molecule has 2 aromatic carbocycles. The quantitative estimate of drug-likeness (QED) is 0.0616. The van der Waals surface area contributed by atoms with Crippen LogP contribution in [-0.4, -0.2) is 182 Å². The van der Waals surface area contributed by atoms with Gasteiger partial charge in [-0.05, 0) is 67.7 Å². The zero-order valence-electron chi connectivity index (χ0n) is 47.3. The Morgan fingerprint density at radius 3 is 2.13 bits per heavy atom. The molecule has 0 spiro atoms. The summed E-state index contributed by atoms with van der Waals surface area (Å²) < 4.78 is 28.5. The molecule has 1 fully saturated rings. The number of hydrogen-bond acceptors (Lipinski definition) is 14. The largest absolute Gasteiger partial charge is 0.497 e. The Kier molecular flexibility index (Phi) is 25.3. The smallest absolute Gasteiger partial charge is 0.329 e. The Bertz CT molecular complexity index is 2300. The van der Waals surface area contributed by atoms with Crippen LogP contribution in [0.4, 0.5) is 0 Å². The molecule has 4 N–H and O–H groups in total. The van der Waals surface area contributed by atoms with E-state index in [0.29, 0.717) is 62.3 Å². The van der Waals surface area contributed by atoms with Crippen molar-refractivity contribution >= 4 is 41.4 Å². The molecule has 4 rings (SSSR count). The minimum atomic E-state index is -1.14. The Morgan fingerprint density at radius 1 is 0.844 bits per heavy atom. The van der Waals surface area contributed by atoms with Crippen molar-refractivity contribution in [2.24, 2.45) is 17.8 Å². The highest BCUT2D eigenvalue weighted by Crippen LogP contribution is 2.30. The molecule has 10 atom stereocenters. The summed E-state index contributed by atoms with van der Waals surface area (Å²) in [6.07, 6.45) is 1.94. The number of amides is 6. The maximum Gasteiger partial charge on any atom is 0.329 e. The Balaban J connectivity index is 1.45. The number of likely N-dealkylation sites (N-methyl/N-ethyl adjacent to an activating group) is 2. The van der Waals surface area contributed by atoms with E-state index < -0.39 is 90.3 Å². The minimum Gasteiger partial charge on any atom is -0.497 e. The molecule has 2 aliphatic heterocycles. The zero-order valence-corrected chi connectivity index (χ0v) is 47.3. The maximum absolute atomic E-state index is 14.6. The number of methoxy groups -OCH3 is 4. The van der Waals surface area contributed by atoms with Crippen LogP contribution in [0.3, 0.4) is 0 Å². The lowest BCUT2D eigenvalue weighted by atomic mass is 9.93. The Labute approximate surface area is 455 Å². The average Bonchev–Trinajstić information content (AvgIpc) is 4.04. The number of unbranched alkanes of at least 4 members (excludes halogenated alkanes) is 2. The average molecular weight is 1080 g/mol. The summed E-state index contributed by atoms with van der Waals surface area (Å²) in [5, 5.41) is 27.4. The van der Waals surface area contributed by atoms with E-state index in [9.17, 15) is 43.8 Å². The second-order valence-corrected chi connectivity index (χ2v) is 20.8. The van der Waals surface area contributed by atoms with Crippen LogP contribution in [0.5, 0.6) is 11.5 Å². The number of benzene rings is 2. The van der Waals surface area contributed by atoms with Crippen LogP contribution in [0.2, 0.25) is 0 Å². The van der Waals surface area contributed by atoms with Gasteiger partial charge in [0.25, 0.3) is 0 Å². The van der Waals surface area contributed by atoms with Gasteiger partial charge in [0.05, 0.1) is 57.0 Å². The van der Waals surface area contributed by atoms with Crippen molar-refractivity contribution in [3.05, 3.63) is 71.8 Å². The van der Waals surface area contributed by atoms with Crippen molar-refractivity contribution in [1.29, 1.82) is 0 Å². The number of aliphatic hydroxyl groups is 2. The number of aliphatic hydroxyl groups excluding tert-OH is 2. The van der Waals surface area contributed by atoms with E-state index >= 15 is 0 Å². The predicted molar refractivity (Wildman–Crippen MR) is 288 cm³/mol. The summed E-state index contributed by atoms with van der Waals surface area (Å²) in [7, 11) is 8.98. The van der Waals surface area contributed by atoms with Gasteiger partial charge in [0.1, 0.15) is 42.5 Å². The molecule has 20 heteroatoms. The first-order valence-electron chi connectivity index (χ1n) is 26.9. The molecule has 0 aliphatic carbocycles. The first-order valence-corrected chi connectivity index (χ1v) is 26.9. The summed E-state index contributed by atoms with van der Waals surface area (Å²) in [6.45, 7) is 11.2. The van der Waals surface area contributed by atoms with E-state index in [1.54, 1.807) is 57.8 Å². The summed E-state index contributed by atoms with van der Waals surface area (Å²) in [4.78, 5) is 102. The number of nitrogens with zero attached hydrogens (tertiary/aromatic N) is 4. The van der Waals surface area contributed by atoms with Gasteiger partial charge in [-0.25, -0.2) is 4.79 Å². The Morgan fingerprint density at radius 2 is 1.55 bits per heavy atom. The van der Waals surface area contributed by atoms with E-state index in [0.717, 1.165) is 5.56 Å². The molecule has 2 aliphatic rings. The van der Waals surface area contributed by atoms with Gasteiger partial charge >= 0.3 is 5.97 Å². The fourth-order valence-corrected chi connectivity index (χ4v) is 10.3. The summed E-state index contributed by atoms with van der Waals surface area (Å²) in [6, 6.07) is 9.70. The van der Waals surface area contributed by atoms with E-state index in [1.165, 1.54) is 62.3 Å². The second-order valence-electron chi connectivity index (χ2n) is 20.8. The SMILES string of the molecule is CC[C@H](O)[C@@H]([C@@H](CC(=O)N1CCC[C@H]1[C@H](OC)[C@@H](C)C(=O)N[C@@H](Cc1ccccc1)C(=O)OCc1ccc(OC)cc1OC)OC)N(C)C(=O)[C@@H](NC(=O)[C@H](C(C)C)N(C)C(=O)CCCCCN1C(=O)C=CC1O)C(C)C. The highest BCUT2D eigenvalue weighted by Gasteiger charge is 2.44. The number of ether oxygens (including phenoxy) is 5. The van der Waals surface area contributed by atoms with E-state index in [-0.39, 0.29) is 55.9 Å². The van der Waals surface area contributed by atoms with Crippen LogP contribution < -0.4 is 20.1 Å². The molecule has 0 radical (unpaired) electrons. The number of esters is 1. The predicted octanol–water partition coefficient (Wildman–Crippen LogP) is 4.02. The lowest BCUT2D eigenvalue weighted by Crippen LogP contribution is -2.61. The maximum atomic E-state index is 14.6. The zero-order chi connectivity index (χ0) is 57.1. The topological polar surface area (TPSA) is 243 Å². The van der Waals surface area contributed by atoms with Gasteiger partial charge in [0.2, 0.25) is 35.4 Å². The van der Waals surface area contributed by atoms with Crippen molar-refractivity contribution in [2.75, 3.05) is 55.6 Å². The molecule has 1 saturated heterocycles. The van der Waals surface area contributed by atoms with Gasteiger partial charge in [0.15, 0.2) is 0 Å². The van der Waals surface area contributed by atoms with Crippen molar-refractivity contribution in [3.63, 3.8) is 0 Å². The van der Waals surface area contributed by atoms with Crippen LogP contribution in [0.25, 0.3) is 0 Å². The van der Waals surface area contributed by atoms with Crippen LogP contribution >= 0.6 is 0 Å². The highest BCUT2D eigenvalue weighted by atomic mass is 16.5. The molecule has 2 heterocycles. The molecular formula is C57H86N6O14. The first-order chi connectivity index (χ1) is 36.6. The molecule has 0 saturated carbocycles. The van der Waals surface area contributed by atoms with Crippen LogP contribution in [0, 0.1) is 17.8 Å². The van der Waals surface area contributed by atoms with Crippen molar-refractivity contribution in [2.45, 2.75) is 161 Å². The number of carbonyl (C=O) groups excluding carboxylic acids is 7. The normalized spacial score (nSPS) is 18.5. The molecule has 0 aromatic heterocycles. The van der Waals surface area contributed by atoms with Gasteiger partial charge in [-0.2, -0.15) is 0 Å². The van der Waals surface area contributed by atoms with Gasteiger partial charge in [-0.1, -0.05) is 78.3 Å². The molecule has 0 bridgehead atoms. The number of likely N-dealkylation sites (tertiary alicyclic amines) is 1. The van der Waals surface area contributed by atoms with Crippen LogP contribution in [-0.2, 0) is 60.8 Å². The summed E-state index contributed by atoms with van der Waals surface area (Å²) >= 11 is 0.